The van der Waals surface area contributed by atoms with Crippen LogP contribution in [0.15, 0.2) is 93.8 Å². The lowest BCUT2D eigenvalue weighted by Gasteiger charge is -2.30. The van der Waals surface area contributed by atoms with Crippen LogP contribution in [-0.2, 0) is 14.4 Å². The van der Waals surface area contributed by atoms with Crippen LogP contribution in [0.4, 0.5) is 5.69 Å². The first-order chi connectivity index (χ1) is 21.3. The van der Waals surface area contributed by atoms with Gasteiger partial charge in [0.05, 0.1) is 17.4 Å². The minimum Gasteiger partial charge on any atom is -0.271 e. The number of hydrogen-bond acceptors (Lipinski definition) is 7. The number of fused-ring (bicyclic) bond motifs is 2. The molecule has 1 aliphatic carbocycles. The highest BCUT2D eigenvalue weighted by Crippen LogP contribution is 2.45. The molecule has 3 aromatic carbocycles. The quantitative estimate of drug-likeness (QED) is 0.305. The van der Waals surface area contributed by atoms with Crippen molar-refractivity contribution in [1.82, 2.24) is 10.0 Å². The van der Waals surface area contributed by atoms with Crippen LogP contribution in [0.25, 0.3) is 6.08 Å². The Morgan fingerprint density at radius 1 is 0.909 bits per heavy atom. The van der Waals surface area contributed by atoms with E-state index >= 15 is 0 Å². The van der Waals surface area contributed by atoms with E-state index in [2.05, 4.69) is 16.4 Å². The maximum Gasteiger partial charge on any atom is 0.264 e. The Morgan fingerprint density at radius 2 is 1.59 bits per heavy atom. The molecule has 222 valence electrons. The highest BCUT2D eigenvalue weighted by Gasteiger charge is 2.55. The molecule has 3 amide bonds. The summed E-state index contributed by atoms with van der Waals surface area (Å²) in [5.74, 6) is -1.27. The highest BCUT2D eigenvalue weighted by molar-refractivity contribution is 6.31. The molecule has 4 unspecified atom stereocenters. The summed E-state index contributed by atoms with van der Waals surface area (Å²) in [5, 5.41) is 17.3. The number of benzene rings is 3. The molecule has 11 heteroatoms. The average molecular weight is 628 g/mol. The van der Waals surface area contributed by atoms with Crippen molar-refractivity contribution in [3.63, 3.8) is 0 Å². The molecular formula is C33H28Cl2N6O3. The average Bonchev–Trinajstić information content (AvgIpc) is 3.69. The fraction of sp³-hybridized carbons (Fsp3) is 0.273. The van der Waals surface area contributed by atoms with E-state index in [1.54, 1.807) is 12.1 Å². The number of nitrogens with zero attached hydrogens (tertiary/aromatic N) is 6. The second kappa shape index (κ2) is 11.3. The molecule has 4 atom stereocenters. The van der Waals surface area contributed by atoms with Crippen LogP contribution in [0.1, 0.15) is 42.0 Å². The van der Waals surface area contributed by atoms with Crippen LogP contribution >= 0.6 is 23.2 Å². The lowest BCUT2D eigenvalue weighted by molar-refractivity contribution is -0.136. The number of halogens is 2. The Kier molecular flexibility index (Phi) is 7.30. The summed E-state index contributed by atoms with van der Waals surface area (Å²) in [4.78, 5) is 41.9. The number of hydrogen-bond donors (Lipinski definition) is 0. The lowest BCUT2D eigenvalue weighted by Crippen LogP contribution is -2.45. The van der Waals surface area contributed by atoms with Crippen molar-refractivity contribution >= 4 is 58.4 Å². The Hall–Kier alpha value is -4.34. The van der Waals surface area contributed by atoms with Gasteiger partial charge in [-0.3, -0.25) is 19.4 Å². The molecule has 44 heavy (non-hydrogen) atoms. The number of anilines is 1. The van der Waals surface area contributed by atoms with Crippen LogP contribution in [-0.4, -0.2) is 52.1 Å². The van der Waals surface area contributed by atoms with Crippen molar-refractivity contribution in [1.29, 1.82) is 0 Å². The molecule has 3 aliphatic heterocycles. The molecule has 0 aromatic heterocycles. The van der Waals surface area contributed by atoms with E-state index in [4.69, 9.17) is 28.3 Å². The van der Waals surface area contributed by atoms with Gasteiger partial charge in [0.2, 0.25) is 0 Å². The van der Waals surface area contributed by atoms with Crippen LogP contribution in [0.5, 0.6) is 0 Å². The van der Waals surface area contributed by atoms with Gasteiger partial charge in [0, 0.05) is 16.0 Å². The molecule has 7 rings (SSSR count). The highest BCUT2D eigenvalue weighted by atomic mass is 35.5. The molecule has 0 radical (unpaired) electrons. The van der Waals surface area contributed by atoms with Crippen LogP contribution < -0.4 is 4.90 Å². The van der Waals surface area contributed by atoms with E-state index in [0.717, 1.165) is 52.1 Å². The first kappa shape index (κ1) is 28.4. The number of carbonyl (C=O) groups excluding carboxylic acids is 3. The van der Waals surface area contributed by atoms with Crippen molar-refractivity contribution in [2.75, 3.05) is 11.4 Å². The third-order valence-corrected chi connectivity index (χ3v) is 9.13. The molecule has 3 aromatic rings. The van der Waals surface area contributed by atoms with Gasteiger partial charge in [-0.2, -0.15) is 10.2 Å². The second-order valence-electron chi connectivity index (χ2n) is 11.5. The maximum atomic E-state index is 14.1. The van der Waals surface area contributed by atoms with Gasteiger partial charge in [-0.25, -0.2) is 9.91 Å². The number of carbonyl (C=O) groups is 3. The molecular weight excluding hydrogens is 599 g/mol. The van der Waals surface area contributed by atoms with Crippen LogP contribution in [0.2, 0.25) is 10.0 Å². The summed E-state index contributed by atoms with van der Waals surface area (Å²) < 4.78 is 0. The molecule has 0 bridgehead atoms. The van der Waals surface area contributed by atoms with E-state index in [9.17, 15) is 14.4 Å². The van der Waals surface area contributed by atoms with Gasteiger partial charge >= 0.3 is 0 Å². The summed E-state index contributed by atoms with van der Waals surface area (Å²) >= 11 is 12.3. The predicted molar refractivity (Wildman–Crippen MR) is 168 cm³/mol. The number of imide groups is 1. The fourth-order valence-electron chi connectivity index (χ4n) is 6.47. The van der Waals surface area contributed by atoms with Crippen molar-refractivity contribution < 1.29 is 14.4 Å². The Labute approximate surface area is 264 Å². The Balaban J connectivity index is 1.18. The molecule has 2 fully saturated rings. The molecule has 3 heterocycles. The maximum absolute atomic E-state index is 14.1. The molecule has 1 saturated carbocycles. The summed E-state index contributed by atoms with van der Waals surface area (Å²) in [6.07, 6.45) is 4.75. The number of aryl methyl sites for hydroxylation is 1. The first-order valence-corrected chi connectivity index (χ1v) is 15.3. The van der Waals surface area contributed by atoms with Gasteiger partial charge in [-0.15, -0.1) is 0 Å². The summed E-state index contributed by atoms with van der Waals surface area (Å²) in [6, 6.07) is 19.9. The van der Waals surface area contributed by atoms with Crippen molar-refractivity contribution in [3.05, 3.63) is 105 Å². The van der Waals surface area contributed by atoms with E-state index in [-0.39, 0.29) is 24.4 Å². The topological polar surface area (TPSA) is 98.0 Å². The number of rotatable bonds is 5. The molecule has 0 N–H and O–H groups in total. The first-order valence-electron chi connectivity index (χ1n) is 14.5. The second-order valence-corrected chi connectivity index (χ2v) is 12.4. The smallest absolute Gasteiger partial charge is 0.264 e. The third kappa shape index (κ3) is 5.00. The van der Waals surface area contributed by atoms with E-state index < -0.39 is 23.9 Å². The van der Waals surface area contributed by atoms with Gasteiger partial charge in [-0.1, -0.05) is 70.4 Å². The van der Waals surface area contributed by atoms with Crippen LogP contribution in [0.3, 0.4) is 0 Å². The largest absolute Gasteiger partial charge is 0.271 e. The summed E-state index contributed by atoms with van der Waals surface area (Å²) in [7, 11) is 0. The van der Waals surface area contributed by atoms with Crippen molar-refractivity contribution in [3.8, 4) is 0 Å². The van der Waals surface area contributed by atoms with Crippen molar-refractivity contribution in [2.45, 2.75) is 44.3 Å². The van der Waals surface area contributed by atoms with E-state index in [1.165, 1.54) is 10.0 Å². The summed E-state index contributed by atoms with van der Waals surface area (Å²) in [5.41, 5.74) is 5.35. The minimum absolute atomic E-state index is 0.0212. The molecule has 0 spiro atoms. The SMILES string of the molecule is Cc1ccc(N2C(=O)C3N=NN(CC(=O)N4N=C5/C(=C/c6ccc(Cl)cc6)CCCC5C4c4ccc(Cl)cc4)C3C2=O)cc1. The normalized spacial score (nSPS) is 25.1. The lowest BCUT2D eigenvalue weighted by atomic mass is 9.77. The standard InChI is InChI=1S/C33H28Cl2N6O3/c1-19-5-15-25(16-6-19)40-32(43)29-31(33(40)44)39(38-36-29)18-27(42)41-30(21-9-13-24(35)14-10-21)26-4-2-3-22(28(26)37-41)17-20-7-11-23(34)12-8-20/h5-17,26,29-31H,2-4,18H2,1H3/b22-17+. The minimum atomic E-state index is -0.995. The van der Waals surface area contributed by atoms with Gasteiger partial charge in [-0.05, 0) is 85.4 Å². The number of amides is 3. The summed E-state index contributed by atoms with van der Waals surface area (Å²) in [6.45, 7) is 1.68. The zero-order valence-electron chi connectivity index (χ0n) is 23.8. The predicted octanol–water partition coefficient (Wildman–Crippen LogP) is 6.42. The molecule has 1 saturated heterocycles. The van der Waals surface area contributed by atoms with E-state index in [0.29, 0.717) is 15.7 Å². The van der Waals surface area contributed by atoms with Gasteiger partial charge in [0.25, 0.3) is 17.7 Å². The van der Waals surface area contributed by atoms with Crippen molar-refractivity contribution in [2.24, 2.45) is 21.4 Å². The zero-order chi connectivity index (χ0) is 30.5. The van der Waals surface area contributed by atoms with Crippen LogP contribution in [0, 0.1) is 12.8 Å². The van der Waals surface area contributed by atoms with E-state index in [1.807, 2.05) is 67.6 Å². The monoisotopic (exact) mass is 626 g/mol. The van der Waals surface area contributed by atoms with Gasteiger partial charge in [0.15, 0.2) is 12.1 Å². The molecule has 4 aliphatic rings. The van der Waals surface area contributed by atoms with Gasteiger partial charge < -0.3 is 0 Å². The third-order valence-electron chi connectivity index (χ3n) is 8.63. The fourth-order valence-corrected chi connectivity index (χ4v) is 6.73. The molecule has 9 nitrogen and oxygen atoms in total. The number of hydrazone groups is 1. The zero-order valence-corrected chi connectivity index (χ0v) is 25.3. The Morgan fingerprint density at radius 3 is 2.30 bits per heavy atom. The van der Waals surface area contributed by atoms with Gasteiger partial charge in [0.1, 0.15) is 6.54 Å². The number of allylic oxidation sites excluding steroid dienone is 1. The Bertz CT molecular complexity index is 1740.